The summed E-state index contributed by atoms with van der Waals surface area (Å²) in [7, 11) is 0. The zero-order valence-electron chi connectivity index (χ0n) is 20.1. The van der Waals surface area contributed by atoms with Crippen molar-refractivity contribution >= 4 is 17.6 Å². The van der Waals surface area contributed by atoms with Crippen molar-refractivity contribution in [1.29, 1.82) is 0 Å². The molecule has 4 nitrogen and oxygen atoms in total. The molecule has 3 aromatic rings. The number of esters is 1. The first-order valence-corrected chi connectivity index (χ1v) is 11.3. The van der Waals surface area contributed by atoms with E-state index in [1.54, 1.807) is 0 Å². The molecule has 0 saturated carbocycles. The first-order chi connectivity index (χ1) is 15.6. The Labute approximate surface area is 197 Å². The maximum Gasteiger partial charge on any atom is 0.307 e. The average Bonchev–Trinajstić information content (AvgIpc) is 2.75. The van der Waals surface area contributed by atoms with Crippen LogP contribution in [0.3, 0.4) is 0 Å². The fraction of sp³-hybridized carbons (Fsp3) is 0.310. The summed E-state index contributed by atoms with van der Waals surface area (Å²) in [6, 6.07) is 24.2. The molecule has 0 heterocycles. The smallest absolute Gasteiger partial charge is 0.307 e. The largest absolute Gasteiger partial charge is 0.460 e. The van der Waals surface area contributed by atoms with Gasteiger partial charge < -0.3 is 10.1 Å². The van der Waals surface area contributed by atoms with Crippen LogP contribution in [0, 0.1) is 19.8 Å². The summed E-state index contributed by atoms with van der Waals surface area (Å²) in [4.78, 5) is 25.6. The van der Waals surface area contributed by atoms with E-state index in [0.717, 1.165) is 27.9 Å². The van der Waals surface area contributed by atoms with Gasteiger partial charge in [-0.15, -0.1) is 0 Å². The van der Waals surface area contributed by atoms with Crippen molar-refractivity contribution in [2.75, 3.05) is 5.32 Å². The van der Waals surface area contributed by atoms with E-state index in [-0.39, 0.29) is 18.3 Å². The normalized spacial score (nSPS) is 12.2. The van der Waals surface area contributed by atoms with Crippen molar-refractivity contribution in [3.05, 3.63) is 89.5 Å². The van der Waals surface area contributed by atoms with E-state index in [0.29, 0.717) is 6.42 Å². The van der Waals surface area contributed by atoms with Gasteiger partial charge in [-0.1, -0.05) is 71.8 Å². The Kier molecular flexibility index (Phi) is 7.70. The molecule has 0 spiro atoms. The second-order valence-electron chi connectivity index (χ2n) is 9.61. The summed E-state index contributed by atoms with van der Waals surface area (Å²) in [6.45, 7) is 9.55. The molecule has 33 heavy (non-hydrogen) atoms. The second-order valence-corrected chi connectivity index (χ2v) is 9.61. The van der Waals surface area contributed by atoms with Crippen LogP contribution in [-0.4, -0.2) is 17.5 Å². The van der Waals surface area contributed by atoms with E-state index in [4.69, 9.17) is 4.74 Å². The van der Waals surface area contributed by atoms with Crippen LogP contribution >= 0.6 is 0 Å². The Morgan fingerprint density at radius 2 is 1.27 bits per heavy atom. The molecule has 0 radical (unpaired) electrons. The SMILES string of the molecule is Cc1ccc(NC(=O)[C@H](CC(=O)OC(C)(C)C)Cc2ccc(-c3ccc(C)cc3)cc2)cc1. The Morgan fingerprint density at radius 1 is 0.788 bits per heavy atom. The third-order valence-corrected chi connectivity index (χ3v) is 5.34. The molecule has 0 saturated heterocycles. The van der Waals surface area contributed by atoms with Crippen LogP contribution < -0.4 is 5.32 Å². The van der Waals surface area contributed by atoms with Gasteiger partial charge in [0, 0.05) is 5.69 Å². The molecule has 0 fully saturated rings. The number of ether oxygens (including phenoxy) is 1. The summed E-state index contributed by atoms with van der Waals surface area (Å²) >= 11 is 0. The van der Waals surface area contributed by atoms with Gasteiger partial charge >= 0.3 is 5.97 Å². The quantitative estimate of drug-likeness (QED) is 0.424. The molecule has 0 unspecified atom stereocenters. The second kappa shape index (κ2) is 10.5. The Hall–Kier alpha value is -3.40. The monoisotopic (exact) mass is 443 g/mol. The Morgan fingerprint density at radius 3 is 1.79 bits per heavy atom. The van der Waals surface area contributed by atoms with E-state index < -0.39 is 11.5 Å². The van der Waals surface area contributed by atoms with Crippen LogP contribution in [0.15, 0.2) is 72.8 Å². The van der Waals surface area contributed by atoms with Gasteiger partial charge in [-0.3, -0.25) is 9.59 Å². The first-order valence-electron chi connectivity index (χ1n) is 11.3. The highest BCUT2D eigenvalue weighted by Crippen LogP contribution is 2.23. The van der Waals surface area contributed by atoms with Crippen LogP contribution in [0.25, 0.3) is 11.1 Å². The van der Waals surface area contributed by atoms with E-state index in [9.17, 15) is 9.59 Å². The molecular formula is C29H33NO3. The molecule has 3 aromatic carbocycles. The van der Waals surface area contributed by atoms with Crippen LogP contribution in [0.1, 0.15) is 43.9 Å². The predicted molar refractivity (Wildman–Crippen MR) is 134 cm³/mol. The number of hydrogen-bond donors (Lipinski definition) is 1. The minimum absolute atomic E-state index is 0.0225. The lowest BCUT2D eigenvalue weighted by atomic mass is 9.93. The minimum Gasteiger partial charge on any atom is -0.460 e. The van der Waals surface area contributed by atoms with Crippen molar-refractivity contribution in [3.63, 3.8) is 0 Å². The number of carbonyl (C=O) groups is 2. The standard InChI is InChI=1S/C29H33NO3/c1-20-6-12-23(13-7-20)24-14-10-22(11-15-24)18-25(19-27(31)33-29(3,4)5)28(32)30-26-16-8-21(2)9-17-26/h6-17,25H,18-19H2,1-5H3,(H,30,32)/t25-/m0/s1. The number of hydrogen-bond acceptors (Lipinski definition) is 3. The number of carbonyl (C=O) groups excluding carboxylic acids is 2. The van der Waals surface area contributed by atoms with Gasteiger partial charge in [-0.25, -0.2) is 0 Å². The van der Waals surface area contributed by atoms with Gasteiger partial charge in [0.15, 0.2) is 0 Å². The van der Waals surface area contributed by atoms with E-state index in [2.05, 4.69) is 48.6 Å². The Balaban J connectivity index is 1.76. The molecule has 1 N–H and O–H groups in total. The average molecular weight is 444 g/mol. The fourth-order valence-corrected chi connectivity index (χ4v) is 3.59. The highest BCUT2D eigenvalue weighted by Gasteiger charge is 2.26. The molecule has 0 bridgehead atoms. The van der Waals surface area contributed by atoms with Gasteiger partial charge in [0.05, 0.1) is 12.3 Å². The fourth-order valence-electron chi connectivity index (χ4n) is 3.59. The minimum atomic E-state index is -0.593. The molecule has 0 aromatic heterocycles. The van der Waals surface area contributed by atoms with Crippen LogP contribution in [0.2, 0.25) is 0 Å². The highest BCUT2D eigenvalue weighted by atomic mass is 16.6. The number of rotatable bonds is 7. The zero-order chi connectivity index (χ0) is 24.0. The van der Waals surface area contributed by atoms with E-state index in [1.807, 2.05) is 64.1 Å². The molecular weight excluding hydrogens is 410 g/mol. The third-order valence-electron chi connectivity index (χ3n) is 5.34. The van der Waals surface area contributed by atoms with Gasteiger partial charge in [0.1, 0.15) is 5.60 Å². The third kappa shape index (κ3) is 7.60. The van der Waals surface area contributed by atoms with Gasteiger partial charge in [0.25, 0.3) is 0 Å². The highest BCUT2D eigenvalue weighted by molar-refractivity contribution is 5.94. The lowest BCUT2D eigenvalue weighted by Crippen LogP contribution is -2.31. The molecule has 0 aliphatic carbocycles. The summed E-state index contributed by atoms with van der Waals surface area (Å²) in [5.41, 5.74) is 5.73. The number of amides is 1. The van der Waals surface area contributed by atoms with Crippen molar-refractivity contribution < 1.29 is 14.3 Å². The Bertz CT molecular complexity index is 1080. The predicted octanol–water partition coefficient (Wildman–Crippen LogP) is 6.50. The molecule has 1 amide bonds. The molecule has 4 heteroatoms. The summed E-state index contributed by atoms with van der Waals surface area (Å²) in [6.07, 6.45) is 0.472. The number of anilines is 1. The van der Waals surface area contributed by atoms with E-state index >= 15 is 0 Å². The van der Waals surface area contributed by atoms with Crippen molar-refractivity contribution in [2.45, 2.75) is 53.1 Å². The van der Waals surface area contributed by atoms with Crippen LogP contribution in [0.4, 0.5) is 5.69 Å². The molecule has 0 aliphatic heterocycles. The molecule has 0 aliphatic rings. The maximum atomic E-state index is 13.1. The van der Waals surface area contributed by atoms with Crippen molar-refractivity contribution in [3.8, 4) is 11.1 Å². The molecule has 3 rings (SSSR count). The summed E-state index contributed by atoms with van der Waals surface area (Å²) in [5, 5.41) is 2.95. The van der Waals surface area contributed by atoms with Crippen LogP contribution in [-0.2, 0) is 20.7 Å². The molecule has 1 atom stereocenters. The maximum absolute atomic E-state index is 13.1. The summed E-state index contributed by atoms with van der Waals surface area (Å²) < 4.78 is 5.49. The van der Waals surface area contributed by atoms with Gasteiger partial charge in [-0.2, -0.15) is 0 Å². The van der Waals surface area contributed by atoms with Crippen LogP contribution in [0.5, 0.6) is 0 Å². The zero-order valence-corrected chi connectivity index (χ0v) is 20.1. The topological polar surface area (TPSA) is 55.4 Å². The van der Waals surface area contributed by atoms with Crippen molar-refractivity contribution in [2.24, 2.45) is 5.92 Å². The number of nitrogens with one attached hydrogen (secondary N) is 1. The van der Waals surface area contributed by atoms with Gasteiger partial charge in [0.2, 0.25) is 5.91 Å². The lowest BCUT2D eigenvalue weighted by molar-refractivity contribution is -0.157. The van der Waals surface area contributed by atoms with Gasteiger partial charge in [-0.05, 0) is 69.9 Å². The number of aryl methyl sites for hydroxylation is 2. The summed E-state index contributed by atoms with van der Waals surface area (Å²) in [5.74, 6) is -1.10. The lowest BCUT2D eigenvalue weighted by Gasteiger charge is -2.22. The number of benzene rings is 3. The molecule has 172 valence electrons. The first kappa shape index (κ1) is 24.2. The van der Waals surface area contributed by atoms with Crippen molar-refractivity contribution in [1.82, 2.24) is 0 Å². The van der Waals surface area contributed by atoms with E-state index in [1.165, 1.54) is 5.56 Å².